The number of benzene rings is 1. The minimum absolute atomic E-state index is 0.340. The molecule has 0 saturated carbocycles. The lowest BCUT2D eigenvalue weighted by Gasteiger charge is -2.28. The van der Waals surface area contributed by atoms with Gasteiger partial charge in [0, 0.05) is 19.4 Å². The Bertz CT molecular complexity index is 907. The van der Waals surface area contributed by atoms with Crippen molar-refractivity contribution in [1.82, 2.24) is 0 Å². The molecule has 1 atom stereocenters. The van der Waals surface area contributed by atoms with Crippen molar-refractivity contribution in [3.05, 3.63) is 63.8 Å². The molecule has 1 unspecified atom stereocenters. The van der Waals surface area contributed by atoms with Crippen molar-refractivity contribution in [3.63, 3.8) is 0 Å². The van der Waals surface area contributed by atoms with Gasteiger partial charge in [-0.3, -0.25) is 4.90 Å². The lowest BCUT2D eigenvalue weighted by atomic mass is 10.1. The number of hydrogen-bond acceptors (Lipinski definition) is 6. The van der Waals surface area contributed by atoms with Crippen LogP contribution in [0.2, 0.25) is 0 Å². The van der Waals surface area contributed by atoms with Crippen molar-refractivity contribution in [2.24, 2.45) is 0 Å². The summed E-state index contributed by atoms with van der Waals surface area (Å²) in [6, 6.07) is 11.9. The zero-order valence-electron chi connectivity index (χ0n) is 15.5. The van der Waals surface area contributed by atoms with E-state index in [-0.39, 0.29) is 0 Å². The Balaban J connectivity index is 1.42. The Labute approximate surface area is 171 Å². The number of carbonyl (C=O) groups is 1. The number of anilines is 2. The van der Waals surface area contributed by atoms with Gasteiger partial charge in [0.1, 0.15) is 15.8 Å². The first-order chi connectivity index (χ1) is 13.7. The molecule has 2 aromatic heterocycles. The Hall–Kier alpha value is -2.35. The molecule has 1 aliphatic heterocycles. The van der Waals surface area contributed by atoms with Crippen LogP contribution in [0, 0.1) is 0 Å². The second-order valence-electron chi connectivity index (χ2n) is 6.51. The summed E-state index contributed by atoms with van der Waals surface area (Å²) >= 11 is 3.47. The Morgan fingerprint density at radius 2 is 1.75 bits per heavy atom. The Morgan fingerprint density at radius 3 is 2.32 bits per heavy atom. The van der Waals surface area contributed by atoms with Crippen molar-refractivity contribution < 1.29 is 19.4 Å². The molecule has 3 aromatic rings. The average molecular weight is 416 g/mol. The quantitative estimate of drug-likeness (QED) is 0.566. The molecule has 0 spiro atoms. The van der Waals surface area contributed by atoms with Crippen LogP contribution in [0.15, 0.2) is 47.2 Å². The van der Waals surface area contributed by atoms with Crippen LogP contribution < -0.4 is 9.64 Å². The summed E-state index contributed by atoms with van der Waals surface area (Å²) in [5.41, 5.74) is 3.59. The first-order valence-corrected chi connectivity index (χ1v) is 10.9. The SMILES string of the molecule is CCOC(Cc1ccc(OCN2c3sccc3Cc3ccsc32)cc1)C(=O)O. The number of hydrogen-bond donors (Lipinski definition) is 1. The van der Waals surface area contributed by atoms with Crippen LogP contribution in [-0.2, 0) is 22.4 Å². The van der Waals surface area contributed by atoms with Crippen molar-refractivity contribution in [2.45, 2.75) is 25.9 Å². The van der Waals surface area contributed by atoms with Gasteiger partial charge in [0.25, 0.3) is 0 Å². The van der Waals surface area contributed by atoms with Crippen molar-refractivity contribution in [3.8, 4) is 5.75 Å². The summed E-state index contributed by atoms with van der Waals surface area (Å²) in [5, 5.41) is 16.0. The van der Waals surface area contributed by atoms with Gasteiger partial charge in [0.2, 0.25) is 0 Å². The maximum Gasteiger partial charge on any atom is 0.333 e. The number of nitrogens with zero attached hydrogens (tertiary/aromatic N) is 1. The Morgan fingerprint density at radius 1 is 1.11 bits per heavy atom. The highest BCUT2D eigenvalue weighted by Crippen LogP contribution is 2.44. The molecule has 7 heteroatoms. The third kappa shape index (κ3) is 3.92. The summed E-state index contributed by atoms with van der Waals surface area (Å²) in [7, 11) is 0. The topological polar surface area (TPSA) is 59.0 Å². The van der Waals surface area contributed by atoms with Gasteiger partial charge in [-0.25, -0.2) is 4.79 Å². The third-order valence-electron chi connectivity index (χ3n) is 4.67. The first kappa shape index (κ1) is 19.0. The van der Waals surface area contributed by atoms with E-state index in [1.165, 1.54) is 21.1 Å². The lowest BCUT2D eigenvalue weighted by molar-refractivity contribution is -0.149. The molecule has 0 aliphatic carbocycles. The number of aliphatic carboxylic acids is 1. The molecule has 3 heterocycles. The maximum absolute atomic E-state index is 11.2. The molecule has 0 amide bonds. The zero-order chi connectivity index (χ0) is 19.5. The van der Waals surface area contributed by atoms with Gasteiger partial charge in [-0.1, -0.05) is 12.1 Å². The smallest absolute Gasteiger partial charge is 0.333 e. The van der Waals surface area contributed by atoms with Gasteiger partial charge >= 0.3 is 5.97 Å². The molecule has 0 saturated heterocycles. The van der Waals surface area contributed by atoms with Crippen LogP contribution in [0.1, 0.15) is 23.6 Å². The molecule has 1 N–H and O–H groups in total. The fourth-order valence-corrected chi connectivity index (χ4v) is 5.21. The van der Waals surface area contributed by atoms with Gasteiger partial charge in [0.15, 0.2) is 12.8 Å². The number of carboxylic acids is 1. The van der Waals surface area contributed by atoms with E-state index in [1.54, 1.807) is 29.6 Å². The fraction of sp³-hybridized carbons (Fsp3) is 0.286. The summed E-state index contributed by atoms with van der Waals surface area (Å²) in [6.07, 6.45) is 0.500. The van der Waals surface area contributed by atoms with Crippen molar-refractivity contribution >= 4 is 38.6 Å². The van der Waals surface area contributed by atoms with E-state index >= 15 is 0 Å². The van der Waals surface area contributed by atoms with Crippen LogP contribution in [0.5, 0.6) is 5.75 Å². The molecule has 146 valence electrons. The van der Waals surface area contributed by atoms with Crippen LogP contribution in [0.4, 0.5) is 10.0 Å². The molecule has 5 nitrogen and oxygen atoms in total. The zero-order valence-corrected chi connectivity index (χ0v) is 17.1. The number of ether oxygens (including phenoxy) is 2. The molecule has 1 aliphatic rings. The number of fused-ring (bicyclic) bond motifs is 2. The maximum atomic E-state index is 11.2. The third-order valence-corrected chi connectivity index (χ3v) is 6.62. The highest BCUT2D eigenvalue weighted by atomic mass is 32.1. The highest BCUT2D eigenvalue weighted by molar-refractivity contribution is 7.17. The predicted octanol–water partition coefficient (Wildman–Crippen LogP) is 4.92. The van der Waals surface area contributed by atoms with Crippen molar-refractivity contribution in [1.29, 1.82) is 0 Å². The van der Waals surface area contributed by atoms with E-state index < -0.39 is 12.1 Å². The molecular formula is C21H21NO4S2. The van der Waals surface area contributed by atoms with E-state index in [0.717, 1.165) is 17.7 Å². The monoisotopic (exact) mass is 415 g/mol. The molecule has 28 heavy (non-hydrogen) atoms. The number of rotatable bonds is 8. The van der Waals surface area contributed by atoms with E-state index in [1.807, 2.05) is 24.3 Å². The van der Waals surface area contributed by atoms with Crippen LogP contribution >= 0.6 is 22.7 Å². The van der Waals surface area contributed by atoms with Gasteiger partial charge in [0.05, 0.1) is 0 Å². The fourth-order valence-electron chi connectivity index (χ4n) is 3.31. The van der Waals surface area contributed by atoms with Gasteiger partial charge in [-0.2, -0.15) is 0 Å². The van der Waals surface area contributed by atoms with Crippen LogP contribution in [0.3, 0.4) is 0 Å². The molecule has 1 aromatic carbocycles. The van der Waals surface area contributed by atoms with E-state index in [4.69, 9.17) is 9.47 Å². The number of thiophene rings is 2. The number of carboxylic acid groups (broad SMARTS) is 1. The average Bonchev–Trinajstić information content (AvgIpc) is 3.35. The van der Waals surface area contributed by atoms with E-state index in [2.05, 4.69) is 27.8 Å². The minimum Gasteiger partial charge on any atom is -0.479 e. The second-order valence-corrected chi connectivity index (χ2v) is 8.30. The van der Waals surface area contributed by atoms with Crippen LogP contribution in [-0.4, -0.2) is 30.5 Å². The molecule has 0 radical (unpaired) electrons. The molecular weight excluding hydrogens is 394 g/mol. The van der Waals surface area contributed by atoms with Gasteiger partial charge in [-0.05, 0) is 58.6 Å². The summed E-state index contributed by atoms with van der Waals surface area (Å²) in [4.78, 5) is 13.5. The predicted molar refractivity (Wildman–Crippen MR) is 112 cm³/mol. The molecule has 4 rings (SSSR count). The minimum atomic E-state index is -0.939. The van der Waals surface area contributed by atoms with Gasteiger partial charge < -0.3 is 14.6 Å². The van der Waals surface area contributed by atoms with Crippen LogP contribution in [0.25, 0.3) is 0 Å². The Kier molecular flexibility index (Phi) is 5.66. The lowest BCUT2D eigenvalue weighted by Crippen LogP contribution is -2.26. The van der Waals surface area contributed by atoms with E-state index in [9.17, 15) is 9.90 Å². The van der Waals surface area contributed by atoms with E-state index in [0.29, 0.717) is 19.8 Å². The highest BCUT2D eigenvalue weighted by Gasteiger charge is 2.25. The summed E-state index contributed by atoms with van der Waals surface area (Å²) < 4.78 is 11.3. The summed E-state index contributed by atoms with van der Waals surface area (Å²) in [5.74, 6) is -0.181. The van der Waals surface area contributed by atoms with Crippen molar-refractivity contribution in [2.75, 3.05) is 18.2 Å². The molecule has 0 fully saturated rings. The summed E-state index contributed by atoms with van der Waals surface area (Å²) in [6.45, 7) is 2.62. The second kappa shape index (κ2) is 8.34. The normalized spacial score (nSPS) is 13.7. The first-order valence-electron chi connectivity index (χ1n) is 9.12. The van der Waals surface area contributed by atoms with Gasteiger partial charge in [-0.15, -0.1) is 22.7 Å². The molecule has 0 bridgehead atoms. The standard InChI is InChI=1S/C21H21NO4S2/c1-2-25-18(21(23)24)11-14-3-5-17(6-4-14)26-13-22-19-15(7-9-27-19)12-16-8-10-28-20(16)22/h3-10,18H,2,11-13H2,1H3,(H,23,24). The largest absolute Gasteiger partial charge is 0.479 e.